The van der Waals surface area contributed by atoms with Gasteiger partial charge in [-0.2, -0.15) is 0 Å². The summed E-state index contributed by atoms with van der Waals surface area (Å²) >= 11 is 1.90. The summed E-state index contributed by atoms with van der Waals surface area (Å²) in [5, 5.41) is 8.64. The lowest BCUT2D eigenvalue weighted by atomic mass is 10.1. The molecule has 0 saturated heterocycles. The fraction of sp³-hybridized carbons (Fsp3) is 0.714. The topological polar surface area (TPSA) is 20.2 Å². The van der Waals surface area contributed by atoms with Crippen molar-refractivity contribution in [1.82, 2.24) is 0 Å². The van der Waals surface area contributed by atoms with Gasteiger partial charge in [0.15, 0.2) is 0 Å². The van der Waals surface area contributed by atoms with Crippen molar-refractivity contribution in [2.24, 2.45) is 0 Å². The van der Waals surface area contributed by atoms with E-state index in [0.717, 1.165) is 12.2 Å². The Kier molecular flexibility index (Phi) is 2.19. The minimum Gasteiger partial charge on any atom is -0.396 e. The fourth-order valence-electron chi connectivity index (χ4n) is 0.962. The van der Waals surface area contributed by atoms with Gasteiger partial charge in [0.2, 0.25) is 0 Å². The molecule has 1 rings (SSSR count). The number of aliphatic hydroxyl groups excluding tert-OH is 1. The van der Waals surface area contributed by atoms with Crippen LogP contribution < -0.4 is 0 Å². The zero-order chi connectivity index (χ0) is 6.74. The van der Waals surface area contributed by atoms with Crippen LogP contribution in [0.5, 0.6) is 0 Å². The lowest BCUT2D eigenvalue weighted by Gasteiger charge is -2.18. The quantitative estimate of drug-likeness (QED) is 0.592. The first-order chi connectivity index (χ1) is 4.27. The third-order valence-corrected chi connectivity index (χ3v) is 2.95. The molecular formula is C7H12OS. The van der Waals surface area contributed by atoms with Gasteiger partial charge < -0.3 is 5.11 Å². The Morgan fingerprint density at radius 2 is 2.56 bits per heavy atom. The third kappa shape index (κ3) is 1.73. The monoisotopic (exact) mass is 144 g/mol. The number of hydrogen-bond acceptors (Lipinski definition) is 2. The van der Waals surface area contributed by atoms with E-state index in [1.54, 1.807) is 0 Å². The number of thioether (sulfide) groups is 1. The molecule has 52 valence electrons. The highest BCUT2D eigenvalue weighted by Gasteiger charge is 2.23. The molecule has 0 aromatic carbocycles. The predicted octanol–water partition coefficient (Wildman–Crippen LogP) is 1.43. The van der Waals surface area contributed by atoms with Crippen molar-refractivity contribution in [1.29, 1.82) is 0 Å². The molecule has 0 bridgehead atoms. The van der Waals surface area contributed by atoms with Gasteiger partial charge in [0, 0.05) is 17.1 Å². The Hall–Kier alpha value is 0.0500. The molecule has 0 aliphatic carbocycles. The van der Waals surface area contributed by atoms with Gasteiger partial charge in [-0.15, -0.1) is 11.8 Å². The summed E-state index contributed by atoms with van der Waals surface area (Å²) in [6.45, 7) is 2.46. The van der Waals surface area contributed by atoms with Crippen LogP contribution in [0.4, 0.5) is 0 Å². The summed E-state index contributed by atoms with van der Waals surface area (Å²) in [6.07, 6.45) is 5.24. The summed E-state index contributed by atoms with van der Waals surface area (Å²) < 4.78 is 0.231. The van der Waals surface area contributed by atoms with E-state index in [2.05, 4.69) is 19.1 Å². The highest BCUT2D eigenvalue weighted by Crippen LogP contribution is 2.34. The van der Waals surface area contributed by atoms with E-state index in [1.165, 1.54) is 0 Å². The van der Waals surface area contributed by atoms with Gasteiger partial charge in [0.05, 0.1) is 0 Å². The second-order valence-corrected chi connectivity index (χ2v) is 4.05. The molecule has 0 fully saturated rings. The van der Waals surface area contributed by atoms with E-state index in [-0.39, 0.29) is 4.75 Å². The Labute approximate surface area is 60.2 Å². The first-order valence-corrected chi connectivity index (χ1v) is 4.18. The zero-order valence-corrected chi connectivity index (χ0v) is 6.45. The molecule has 0 saturated carbocycles. The van der Waals surface area contributed by atoms with Gasteiger partial charge in [0.25, 0.3) is 0 Å². The molecule has 1 N–H and O–H groups in total. The summed E-state index contributed by atoms with van der Waals surface area (Å²) in [4.78, 5) is 0. The number of hydrogen-bond donors (Lipinski definition) is 1. The predicted molar refractivity (Wildman–Crippen MR) is 41.7 cm³/mol. The Morgan fingerprint density at radius 1 is 1.78 bits per heavy atom. The lowest BCUT2D eigenvalue weighted by Crippen LogP contribution is -2.15. The first kappa shape index (κ1) is 7.16. The van der Waals surface area contributed by atoms with Crippen LogP contribution in [-0.2, 0) is 0 Å². The summed E-state index contributed by atoms with van der Waals surface area (Å²) in [6, 6.07) is 0. The van der Waals surface area contributed by atoms with Crippen molar-refractivity contribution < 1.29 is 5.11 Å². The molecule has 9 heavy (non-hydrogen) atoms. The van der Waals surface area contributed by atoms with Gasteiger partial charge in [-0.1, -0.05) is 12.2 Å². The van der Waals surface area contributed by atoms with E-state index >= 15 is 0 Å². The molecule has 0 radical (unpaired) electrons. The highest BCUT2D eigenvalue weighted by atomic mass is 32.2. The van der Waals surface area contributed by atoms with E-state index < -0.39 is 0 Å². The number of rotatable bonds is 2. The van der Waals surface area contributed by atoms with E-state index in [4.69, 9.17) is 5.11 Å². The van der Waals surface area contributed by atoms with Gasteiger partial charge in [-0.25, -0.2) is 0 Å². The summed E-state index contributed by atoms with van der Waals surface area (Å²) in [5.41, 5.74) is 0. The second-order valence-electron chi connectivity index (χ2n) is 2.50. The van der Waals surface area contributed by atoms with Gasteiger partial charge in [0.1, 0.15) is 0 Å². The molecular weight excluding hydrogens is 132 g/mol. The van der Waals surface area contributed by atoms with Crippen molar-refractivity contribution in [2.75, 3.05) is 12.4 Å². The largest absolute Gasteiger partial charge is 0.396 e. The Morgan fingerprint density at radius 3 is 3.00 bits per heavy atom. The molecule has 0 spiro atoms. The van der Waals surface area contributed by atoms with Gasteiger partial charge >= 0.3 is 0 Å². The van der Waals surface area contributed by atoms with Crippen molar-refractivity contribution in [2.45, 2.75) is 18.1 Å². The van der Waals surface area contributed by atoms with Crippen LogP contribution in [0.1, 0.15) is 13.3 Å². The van der Waals surface area contributed by atoms with Crippen molar-refractivity contribution in [3.8, 4) is 0 Å². The summed E-state index contributed by atoms with van der Waals surface area (Å²) in [7, 11) is 0. The van der Waals surface area contributed by atoms with Crippen LogP contribution in [0.3, 0.4) is 0 Å². The van der Waals surface area contributed by atoms with Gasteiger partial charge in [-0.3, -0.25) is 0 Å². The maximum Gasteiger partial charge on any atom is 0.0447 e. The van der Waals surface area contributed by atoms with Crippen molar-refractivity contribution >= 4 is 11.8 Å². The number of aliphatic hydroxyl groups is 1. The molecule has 1 aliphatic rings. The SMILES string of the molecule is CC1(CCO)C=CCS1. The maximum atomic E-state index is 8.64. The van der Waals surface area contributed by atoms with E-state index in [9.17, 15) is 0 Å². The molecule has 1 nitrogen and oxygen atoms in total. The fourth-order valence-corrected chi connectivity index (χ4v) is 1.96. The minimum atomic E-state index is 0.231. The first-order valence-electron chi connectivity index (χ1n) is 3.19. The molecule has 1 atom stereocenters. The van der Waals surface area contributed by atoms with Crippen molar-refractivity contribution in [3.05, 3.63) is 12.2 Å². The molecule has 1 heterocycles. The molecule has 1 unspecified atom stereocenters. The second kappa shape index (κ2) is 2.76. The van der Waals surface area contributed by atoms with Crippen LogP contribution in [0.25, 0.3) is 0 Å². The molecule has 1 aliphatic heterocycles. The Bertz CT molecular complexity index is 122. The summed E-state index contributed by atoms with van der Waals surface area (Å²) in [5.74, 6) is 1.11. The van der Waals surface area contributed by atoms with Gasteiger partial charge in [-0.05, 0) is 13.3 Å². The maximum absolute atomic E-state index is 8.64. The average molecular weight is 144 g/mol. The minimum absolute atomic E-state index is 0.231. The molecule has 0 aromatic heterocycles. The van der Waals surface area contributed by atoms with Crippen molar-refractivity contribution in [3.63, 3.8) is 0 Å². The van der Waals surface area contributed by atoms with Crippen LogP contribution in [0.15, 0.2) is 12.2 Å². The lowest BCUT2D eigenvalue weighted by molar-refractivity contribution is 0.280. The van der Waals surface area contributed by atoms with Crippen LogP contribution in [-0.4, -0.2) is 22.2 Å². The standard InChI is InChI=1S/C7H12OS/c1-7(4-5-8)3-2-6-9-7/h2-3,8H,4-6H2,1H3. The van der Waals surface area contributed by atoms with Crippen LogP contribution in [0, 0.1) is 0 Å². The smallest absolute Gasteiger partial charge is 0.0447 e. The molecule has 0 aromatic rings. The van der Waals surface area contributed by atoms with E-state index in [0.29, 0.717) is 6.61 Å². The third-order valence-electron chi connectivity index (χ3n) is 1.59. The normalized spacial score (nSPS) is 33.6. The average Bonchev–Trinajstić information content (AvgIpc) is 2.16. The Balaban J connectivity index is 2.42. The molecule has 2 heteroatoms. The molecule has 0 amide bonds. The van der Waals surface area contributed by atoms with Crippen LogP contribution >= 0.6 is 11.8 Å². The van der Waals surface area contributed by atoms with Crippen LogP contribution in [0.2, 0.25) is 0 Å². The zero-order valence-electron chi connectivity index (χ0n) is 5.63. The highest BCUT2D eigenvalue weighted by molar-refractivity contribution is 8.01. The van der Waals surface area contributed by atoms with E-state index in [1.807, 2.05) is 11.8 Å².